The molecule has 4 nitrogen and oxygen atoms in total. The first kappa shape index (κ1) is 13.2. The van der Waals surface area contributed by atoms with Gasteiger partial charge in [-0.05, 0) is 18.2 Å². The molecule has 1 aromatic heterocycles. The van der Waals surface area contributed by atoms with Crippen molar-refractivity contribution in [3.05, 3.63) is 40.4 Å². The van der Waals surface area contributed by atoms with E-state index < -0.39 is 0 Å². The normalized spacial score (nSPS) is 15.2. The maximum absolute atomic E-state index is 9.22. The topological polar surface area (TPSA) is 43.2 Å². The van der Waals surface area contributed by atoms with Crippen LogP contribution >= 0.6 is 22.9 Å². The molecule has 0 spiro atoms. The first-order valence-corrected chi connectivity index (χ1v) is 7.63. The molecule has 1 aromatic carbocycles. The van der Waals surface area contributed by atoms with Crippen molar-refractivity contribution in [1.29, 1.82) is 5.26 Å². The van der Waals surface area contributed by atoms with E-state index >= 15 is 0 Å². The monoisotopic (exact) mass is 304 g/mol. The van der Waals surface area contributed by atoms with Gasteiger partial charge in [0.15, 0.2) is 5.13 Å². The summed E-state index contributed by atoms with van der Waals surface area (Å²) < 4.78 is 0. The Kier molecular flexibility index (Phi) is 3.77. The lowest BCUT2D eigenvalue weighted by molar-refractivity contribution is 0.651. The van der Waals surface area contributed by atoms with E-state index in [1.807, 2.05) is 23.7 Å². The molecule has 3 rings (SSSR count). The van der Waals surface area contributed by atoms with E-state index in [1.165, 1.54) is 0 Å². The fraction of sp³-hybridized carbons (Fsp3) is 0.286. The summed E-state index contributed by atoms with van der Waals surface area (Å²) in [6, 6.07) is 7.72. The van der Waals surface area contributed by atoms with Crippen LogP contribution in [0.3, 0.4) is 0 Å². The second-order valence-corrected chi connectivity index (χ2v) is 5.87. The predicted octanol–water partition coefficient (Wildman–Crippen LogP) is 2.99. The average Bonchev–Trinajstić information content (AvgIpc) is 3.01. The molecule has 1 saturated heterocycles. The van der Waals surface area contributed by atoms with Gasteiger partial charge in [-0.3, -0.25) is 0 Å². The second-order valence-electron chi connectivity index (χ2n) is 4.56. The molecule has 20 heavy (non-hydrogen) atoms. The highest BCUT2D eigenvalue weighted by Gasteiger charge is 2.20. The number of nitriles is 1. The first-order chi connectivity index (χ1) is 9.78. The molecule has 1 fully saturated rings. The van der Waals surface area contributed by atoms with E-state index in [0.717, 1.165) is 37.0 Å². The molecule has 0 N–H and O–H groups in total. The Bertz CT molecular complexity index is 627. The van der Waals surface area contributed by atoms with Gasteiger partial charge in [-0.1, -0.05) is 11.6 Å². The third-order valence-corrected chi connectivity index (χ3v) is 4.46. The molecule has 0 saturated carbocycles. The number of rotatable bonds is 2. The summed E-state index contributed by atoms with van der Waals surface area (Å²) in [6.45, 7) is 3.60. The van der Waals surface area contributed by atoms with Gasteiger partial charge in [0.1, 0.15) is 6.07 Å². The SMILES string of the molecule is N#Cc1cc(Cl)ccc1N1CCN(c2nccs2)CC1. The highest BCUT2D eigenvalue weighted by atomic mass is 35.5. The number of piperazine rings is 1. The summed E-state index contributed by atoms with van der Waals surface area (Å²) in [7, 11) is 0. The number of aromatic nitrogens is 1. The van der Waals surface area contributed by atoms with Gasteiger partial charge >= 0.3 is 0 Å². The smallest absolute Gasteiger partial charge is 0.185 e. The van der Waals surface area contributed by atoms with Crippen molar-refractivity contribution < 1.29 is 0 Å². The van der Waals surface area contributed by atoms with Gasteiger partial charge in [0, 0.05) is 42.8 Å². The van der Waals surface area contributed by atoms with Gasteiger partial charge in [-0.15, -0.1) is 11.3 Å². The number of halogens is 1. The zero-order chi connectivity index (χ0) is 13.9. The fourth-order valence-electron chi connectivity index (χ4n) is 2.38. The van der Waals surface area contributed by atoms with Crippen molar-refractivity contribution in [3.63, 3.8) is 0 Å². The quantitative estimate of drug-likeness (QED) is 0.855. The van der Waals surface area contributed by atoms with Crippen molar-refractivity contribution in [2.24, 2.45) is 0 Å². The molecular weight excluding hydrogens is 292 g/mol. The van der Waals surface area contributed by atoms with E-state index in [-0.39, 0.29) is 0 Å². The first-order valence-electron chi connectivity index (χ1n) is 6.37. The van der Waals surface area contributed by atoms with Crippen LogP contribution in [0.4, 0.5) is 10.8 Å². The van der Waals surface area contributed by atoms with Crippen LogP contribution < -0.4 is 9.80 Å². The van der Waals surface area contributed by atoms with Crippen LogP contribution in [-0.2, 0) is 0 Å². The van der Waals surface area contributed by atoms with Crippen molar-refractivity contribution >= 4 is 33.8 Å². The highest BCUT2D eigenvalue weighted by molar-refractivity contribution is 7.13. The van der Waals surface area contributed by atoms with Crippen molar-refractivity contribution in [2.45, 2.75) is 0 Å². The maximum atomic E-state index is 9.22. The predicted molar refractivity (Wildman–Crippen MR) is 82.7 cm³/mol. The van der Waals surface area contributed by atoms with E-state index in [1.54, 1.807) is 17.4 Å². The molecule has 0 amide bonds. The van der Waals surface area contributed by atoms with Crippen LogP contribution in [0, 0.1) is 11.3 Å². The minimum absolute atomic E-state index is 0.603. The molecule has 0 unspecified atom stereocenters. The van der Waals surface area contributed by atoms with Gasteiger partial charge in [0.25, 0.3) is 0 Å². The van der Waals surface area contributed by atoms with E-state index in [2.05, 4.69) is 20.9 Å². The summed E-state index contributed by atoms with van der Waals surface area (Å²) in [5, 5.41) is 12.9. The Balaban J connectivity index is 1.74. The van der Waals surface area contributed by atoms with Crippen LogP contribution in [0.5, 0.6) is 0 Å². The molecule has 2 heterocycles. The van der Waals surface area contributed by atoms with Crippen LogP contribution in [0.25, 0.3) is 0 Å². The lowest BCUT2D eigenvalue weighted by atomic mass is 10.1. The van der Waals surface area contributed by atoms with E-state index in [9.17, 15) is 5.26 Å². The minimum atomic E-state index is 0.603. The number of hydrogen-bond donors (Lipinski definition) is 0. The lowest BCUT2D eigenvalue weighted by Crippen LogP contribution is -2.46. The standard InChI is InChI=1S/C14H13ClN4S/c15-12-1-2-13(11(9-12)10-16)18-4-6-19(7-5-18)14-17-3-8-20-14/h1-3,8-9H,4-7H2. The Hall–Kier alpha value is -1.77. The minimum Gasteiger partial charge on any atom is -0.367 e. The molecule has 102 valence electrons. The number of thiazole rings is 1. The van der Waals surface area contributed by atoms with E-state index in [0.29, 0.717) is 10.6 Å². The Morgan fingerprint density at radius 3 is 2.60 bits per heavy atom. The molecule has 1 aliphatic heterocycles. The van der Waals surface area contributed by atoms with Gasteiger partial charge < -0.3 is 9.80 Å². The number of benzene rings is 1. The molecule has 0 aliphatic carbocycles. The highest BCUT2D eigenvalue weighted by Crippen LogP contribution is 2.26. The van der Waals surface area contributed by atoms with Gasteiger partial charge in [-0.2, -0.15) is 5.26 Å². The maximum Gasteiger partial charge on any atom is 0.185 e. The second kappa shape index (κ2) is 5.70. The molecule has 6 heteroatoms. The van der Waals surface area contributed by atoms with Crippen LogP contribution in [0.2, 0.25) is 5.02 Å². The summed E-state index contributed by atoms with van der Waals surface area (Å²) in [4.78, 5) is 8.86. The third-order valence-electron chi connectivity index (χ3n) is 3.39. The van der Waals surface area contributed by atoms with Crippen molar-refractivity contribution in [1.82, 2.24) is 4.98 Å². The lowest BCUT2D eigenvalue weighted by Gasteiger charge is -2.36. The van der Waals surface area contributed by atoms with Crippen LogP contribution in [0.1, 0.15) is 5.56 Å². The van der Waals surface area contributed by atoms with Crippen LogP contribution in [0.15, 0.2) is 29.8 Å². The Labute approximate surface area is 126 Å². The van der Waals surface area contributed by atoms with Gasteiger partial charge in [0.05, 0.1) is 11.3 Å². The zero-order valence-electron chi connectivity index (χ0n) is 10.8. The summed E-state index contributed by atoms with van der Waals surface area (Å²) >= 11 is 7.60. The summed E-state index contributed by atoms with van der Waals surface area (Å²) in [6.07, 6.45) is 1.83. The third kappa shape index (κ3) is 2.58. The molecule has 0 atom stereocenters. The molecule has 1 aliphatic rings. The molecule has 0 bridgehead atoms. The molecule has 0 radical (unpaired) electrons. The summed E-state index contributed by atoms with van der Waals surface area (Å²) in [5.74, 6) is 0. The fourth-order valence-corrected chi connectivity index (χ4v) is 3.25. The summed E-state index contributed by atoms with van der Waals surface area (Å²) in [5.41, 5.74) is 1.61. The number of nitrogens with zero attached hydrogens (tertiary/aromatic N) is 4. The largest absolute Gasteiger partial charge is 0.367 e. The Morgan fingerprint density at radius 1 is 1.20 bits per heavy atom. The van der Waals surface area contributed by atoms with Gasteiger partial charge in [0.2, 0.25) is 0 Å². The molecular formula is C14H13ClN4S. The van der Waals surface area contributed by atoms with Crippen molar-refractivity contribution in [2.75, 3.05) is 36.0 Å². The van der Waals surface area contributed by atoms with Crippen LogP contribution in [-0.4, -0.2) is 31.2 Å². The zero-order valence-corrected chi connectivity index (χ0v) is 12.4. The van der Waals surface area contributed by atoms with Crippen molar-refractivity contribution in [3.8, 4) is 6.07 Å². The average molecular weight is 305 g/mol. The molecule has 2 aromatic rings. The van der Waals surface area contributed by atoms with E-state index in [4.69, 9.17) is 11.6 Å². The van der Waals surface area contributed by atoms with Gasteiger partial charge in [-0.25, -0.2) is 4.98 Å². The Morgan fingerprint density at radius 2 is 1.95 bits per heavy atom. The number of anilines is 2. The number of hydrogen-bond acceptors (Lipinski definition) is 5.